The molecule has 1 aromatic rings. The second-order valence-electron chi connectivity index (χ2n) is 5.32. The molecule has 17 heavy (non-hydrogen) atoms. The molecule has 1 heterocycles. The average Bonchev–Trinajstić information content (AvgIpc) is 2.92. The van der Waals surface area contributed by atoms with Crippen LogP contribution in [-0.2, 0) is 6.54 Å². The van der Waals surface area contributed by atoms with Gasteiger partial charge in [-0.15, -0.1) is 0 Å². The molecule has 3 unspecified atom stereocenters. The molecule has 3 atom stereocenters. The third-order valence-corrected chi connectivity index (χ3v) is 4.16. The molecule has 0 aromatic carbocycles. The van der Waals surface area contributed by atoms with Crippen LogP contribution in [0.5, 0.6) is 0 Å². The molecule has 0 spiro atoms. The number of imidazole rings is 1. The summed E-state index contributed by atoms with van der Waals surface area (Å²) in [5.41, 5.74) is 0. The van der Waals surface area contributed by atoms with Gasteiger partial charge < -0.3 is 9.88 Å². The highest BCUT2D eigenvalue weighted by Gasteiger charge is 2.33. The molecule has 1 aromatic heterocycles. The summed E-state index contributed by atoms with van der Waals surface area (Å²) in [5, 5.41) is 3.49. The molecule has 0 bridgehead atoms. The Morgan fingerprint density at radius 3 is 2.94 bits per heavy atom. The van der Waals surface area contributed by atoms with Crippen molar-refractivity contribution in [2.45, 2.75) is 52.1 Å². The first-order valence-corrected chi connectivity index (χ1v) is 6.96. The van der Waals surface area contributed by atoms with Gasteiger partial charge >= 0.3 is 0 Å². The number of nitrogens with zero attached hydrogens (tertiary/aromatic N) is 2. The van der Waals surface area contributed by atoms with Crippen molar-refractivity contribution in [3.05, 3.63) is 18.2 Å². The predicted molar refractivity (Wildman–Crippen MR) is 70.8 cm³/mol. The lowest BCUT2D eigenvalue weighted by molar-refractivity contribution is 0.297. The van der Waals surface area contributed by atoms with Crippen LogP contribution in [0.15, 0.2) is 12.4 Å². The highest BCUT2D eigenvalue weighted by Crippen LogP contribution is 2.39. The summed E-state index contributed by atoms with van der Waals surface area (Å²) in [4.78, 5) is 4.59. The molecule has 1 saturated carbocycles. The predicted octanol–water partition coefficient (Wildman–Crippen LogP) is 2.99. The molecule has 3 nitrogen and oxygen atoms in total. The topological polar surface area (TPSA) is 29.9 Å². The lowest BCUT2D eigenvalue weighted by Gasteiger charge is -2.26. The van der Waals surface area contributed by atoms with Gasteiger partial charge in [-0.25, -0.2) is 4.98 Å². The molecule has 0 aliphatic heterocycles. The summed E-state index contributed by atoms with van der Waals surface area (Å²) >= 11 is 0. The standard InChI is InChI=1S/C14H25N3/c1-4-9-17-10-8-16-14(17)13(15-3)12-7-5-6-11(12)2/h8,10-13,15H,4-7,9H2,1-3H3. The van der Waals surface area contributed by atoms with E-state index in [-0.39, 0.29) is 0 Å². The van der Waals surface area contributed by atoms with Crippen LogP contribution in [0.3, 0.4) is 0 Å². The summed E-state index contributed by atoms with van der Waals surface area (Å²) in [6, 6.07) is 0.425. The molecule has 3 heteroatoms. The van der Waals surface area contributed by atoms with Crippen LogP contribution in [0.25, 0.3) is 0 Å². The van der Waals surface area contributed by atoms with E-state index in [0.29, 0.717) is 6.04 Å². The van der Waals surface area contributed by atoms with Gasteiger partial charge in [0.1, 0.15) is 5.82 Å². The number of aryl methyl sites for hydroxylation is 1. The lowest BCUT2D eigenvalue weighted by atomic mass is 9.89. The summed E-state index contributed by atoms with van der Waals surface area (Å²) in [6.45, 7) is 5.68. The fraction of sp³-hybridized carbons (Fsp3) is 0.786. The largest absolute Gasteiger partial charge is 0.334 e. The molecule has 2 rings (SSSR count). The van der Waals surface area contributed by atoms with Crippen LogP contribution in [0.4, 0.5) is 0 Å². The smallest absolute Gasteiger partial charge is 0.126 e. The molecular formula is C14H25N3. The minimum atomic E-state index is 0.425. The van der Waals surface area contributed by atoms with Gasteiger partial charge in [-0.1, -0.05) is 26.7 Å². The van der Waals surface area contributed by atoms with Crippen LogP contribution in [0, 0.1) is 11.8 Å². The molecule has 1 N–H and O–H groups in total. The van der Waals surface area contributed by atoms with Crippen molar-refractivity contribution in [2.24, 2.45) is 11.8 Å². The van der Waals surface area contributed by atoms with E-state index in [4.69, 9.17) is 0 Å². The molecule has 1 fully saturated rings. The Kier molecular flexibility index (Phi) is 4.21. The van der Waals surface area contributed by atoms with Crippen molar-refractivity contribution in [3.8, 4) is 0 Å². The van der Waals surface area contributed by atoms with Crippen LogP contribution >= 0.6 is 0 Å². The number of nitrogens with one attached hydrogen (secondary N) is 1. The Balaban J connectivity index is 2.19. The van der Waals surface area contributed by atoms with E-state index in [1.807, 2.05) is 6.20 Å². The molecule has 1 aliphatic rings. The van der Waals surface area contributed by atoms with Gasteiger partial charge in [-0.2, -0.15) is 0 Å². The zero-order valence-corrected chi connectivity index (χ0v) is 11.3. The van der Waals surface area contributed by atoms with E-state index in [0.717, 1.165) is 18.4 Å². The zero-order valence-electron chi connectivity index (χ0n) is 11.3. The fourth-order valence-electron chi connectivity index (χ4n) is 3.23. The van der Waals surface area contributed by atoms with E-state index < -0.39 is 0 Å². The Morgan fingerprint density at radius 1 is 1.53 bits per heavy atom. The molecular weight excluding hydrogens is 210 g/mol. The maximum atomic E-state index is 4.59. The van der Waals surface area contributed by atoms with Gasteiger partial charge in [0, 0.05) is 18.9 Å². The minimum absolute atomic E-state index is 0.425. The first kappa shape index (κ1) is 12.6. The third-order valence-electron chi connectivity index (χ3n) is 4.16. The number of hydrogen-bond acceptors (Lipinski definition) is 2. The zero-order chi connectivity index (χ0) is 12.3. The van der Waals surface area contributed by atoms with E-state index >= 15 is 0 Å². The summed E-state index contributed by atoms with van der Waals surface area (Å²) < 4.78 is 2.31. The van der Waals surface area contributed by atoms with Crippen molar-refractivity contribution < 1.29 is 0 Å². The van der Waals surface area contributed by atoms with E-state index in [1.165, 1.54) is 31.5 Å². The third kappa shape index (κ3) is 2.54. The highest BCUT2D eigenvalue weighted by molar-refractivity contribution is 5.03. The van der Waals surface area contributed by atoms with Crippen molar-refractivity contribution in [1.82, 2.24) is 14.9 Å². The SMILES string of the molecule is CCCn1ccnc1C(NC)C1CCCC1C. The fourth-order valence-corrected chi connectivity index (χ4v) is 3.23. The lowest BCUT2D eigenvalue weighted by Crippen LogP contribution is -2.29. The second-order valence-corrected chi connectivity index (χ2v) is 5.32. The Labute approximate surface area is 105 Å². The van der Waals surface area contributed by atoms with Crippen LogP contribution in [0.2, 0.25) is 0 Å². The average molecular weight is 235 g/mol. The Hall–Kier alpha value is -0.830. The molecule has 0 amide bonds. The molecule has 0 saturated heterocycles. The van der Waals surface area contributed by atoms with Crippen LogP contribution < -0.4 is 5.32 Å². The number of rotatable bonds is 5. The van der Waals surface area contributed by atoms with Crippen molar-refractivity contribution in [1.29, 1.82) is 0 Å². The summed E-state index contributed by atoms with van der Waals surface area (Å²) in [7, 11) is 2.07. The monoisotopic (exact) mass is 235 g/mol. The summed E-state index contributed by atoms with van der Waals surface area (Å²) in [6.07, 6.45) is 9.30. The van der Waals surface area contributed by atoms with E-state index in [1.54, 1.807) is 0 Å². The van der Waals surface area contributed by atoms with Crippen molar-refractivity contribution in [3.63, 3.8) is 0 Å². The van der Waals surface area contributed by atoms with Gasteiger partial charge in [-0.3, -0.25) is 0 Å². The first-order chi connectivity index (χ1) is 8.27. The maximum Gasteiger partial charge on any atom is 0.126 e. The normalized spacial score (nSPS) is 26.3. The Bertz CT molecular complexity index is 345. The van der Waals surface area contributed by atoms with Crippen molar-refractivity contribution >= 4 is 0 Å². The van der Waals surface area contributed by atoms with Gasteiger partial charge in [0.15, 0.2) is 0 Å². The van der Waals surface area contributed by atoms with Gasteiger partial charge in [0.25, 0.3) is 0 Å². The second kappa shape index (κ2) is 5.67. The molecule has 96 valence electrons. The van der Waals surface area contributed by atoms with Gasteiger partial charge in [0.05, 0.1) is 6.04 Å². The first-order valence-electron chi connectivity index (χ1n) is 6.96. The quantitative estimate of drug-likeness (QED) is 0.850. The maximum absolute atomic E-state index is 4.59. The van der Waals surface area contributed by atoms with Crippen LogP contribution in [0.1, 0.15) is 51.4 Å². The number of aromatic nitrogens is 2. The minimum Gasteiger partial charge on any atom is -0.334 e. The van der Waals surface area contributed by atoms with E-state index in [9.17, 15) is 0 Å². The van der Waals surface area contributed by atoms with Crippen molar-refractivity contribution in [2.75, 3.05) is 7.05 Å². The number of hydrogen-bond donors (Lipinski definition) is 1. The molecule has 1 aliphatic carbocycles. The van der Waals surface area contributed by atoms with Crippen LogP contribution in [-0.4, -0.2) is 16.6 Å². The summed E-state index contributed by atoms with van der Waals surface area (Å²) in [5.74, 6) is 2.80. The molecule has 0 radical (unpaired) electrons. The highest BCUT2D eigenvalue weighted by atomic mass is 15.1. The Morgan fingerprint density at radius 2 is 2.35 bits per heavy atom. The van der Waals surface area contributed by atoms with E-state index in [2.05, 4.69) is 42.0 Å². The van der Waals surface area contributed by atoms with Gasteiger partial charge in [0.2, 0.25) is 0 Å². The van der Waals surface area contributed by atoms with Gasteiger partial charge in [-0.05, 0) is 31.7 Å².